The van der Waals surface area contributed by atoms with Gasteiger partial charge in [-0.15, -0.1) is 0 Å². The van der Waals surface area contributed by atoms with Crippen molar-refractivity contribution >= 4 is 15.2 Å². The standard InChI is InChI=1S/C13H24OSi2/c1-14-13-9-7-12(8-10-13)11-16(5,6)15(2,3)4/h7-10H,11H2,1-6H3. The van der Waals surface area contributed by atoms with Gasteiger partial charge < -0.3 is 4.74 Å². The molecule has 0 spiro atoms. The number of benzene rings is 1. The lowest BCUT2D eigenvalue weighted by atomic mass is 10.2. The molecular weight excluding hydrogens is 228 g/mol. The van der Waals surface area contributed by atoms with E-state index in [1.807, 2.05) is 0 Å². The van der Waals surface area contributed by atoms with Gasteiger partial charge in [-0.1, -0.05) is 50.4 Å². The van der Waals surface area contributed by atoms with E-state index in [2.05, 4.69) is 57.0 Å². The van der Waals surface area contributed by atoms with Crippen LogP contribution < -0.4 is 4.74 Å². The first-order valence-corrected chi connectivity index (χ1v) is 13.6. The Morgan fingerprint density at radius 3 is 1.81 bits per heavy atom. The molecule has 0 aliphatic rings. The predicted molar refractivity (Wildman–Crippen MR) is 77.5 cm³/mol. The maximum Gasteiger partial charge on any atom is 0.118 e. The summed E-state index contributed by atoms with van der Waals surface area (Å²) in [6, 6.07) is 9.88. The average Bonchev–Trinajstić information content (AvgIpc) is 2.16. The van der Waals surface area contributed by atoms with E-state index >= 15 is 0 Å². The molecule has 1 aromatic carbocycles. The fraction of sp³-hybridized carbons (Fsp3) is 0.538. The Bertz CT molecular complexity index is 336. The van der Waals surface area contributed by atoms with Crippen molar-refractivity contribution < 1.29 is 4.74 Å². The molecule has 0 amide bonds. The Kier molecular flexibility index (Phi) is 4.02. The first-order chi connectivity index (χ1) is 7.26. The topological polar surface area (TPSA) is 9.23 Å². The molecule has 0 heterocycles. The van der Waals surface area contributed by atoms with Crippen LogP contribution >= 0.6 is 0 Å². The van der Waals surface area contributed by atoms with Crippen molar-refractivity contribution in [2.45, 2.75) is 38.8 Å². The van der Waals surface area contributed by atoms with E-state index in [0.29, 0.717) is 0 Å². The normalized spacial score (nSPS) is 12.6. The molecule has 0 radical (unpaired) electrons. The summed E-state index contributed by atoms with van der Waals surface area (Å²) in [6.07, 6.45) is 0. The van der Waals surface area contributed by atoms with Crippen LogP contribution in [0.15, 0.2) is 24.3 Å². The fourth-order valence-corrected chi connectivity index (χ4v) is 5.51. The number of hydrogen-bond acceptors (Lipinski definition) is 1. The van der Waals surface area contributed by atoms with E-state index < -0.39 is 15.2 Å². The molecule has 0 atom stereocenters. The van der Waals surface area contributed by atoms with Gasteiger partial charge in [0.25, 0.3) is 0 Å². The van der Waals surface area contributed by atoms with Crippen LogP contribution in [0.1, 0.15) is 5.56 Å². The third-order valence-corrected chi connectivity index (χ3v) is 21.9. The maximum absolute atomic E-state index is 5.19. The fourth-order valence-electron chi connectivity index (χ4n) is 1.52. The van der Waals surface area contributed by atoms with Gasteiger partial charge in [0.15, 0.2) is 0 Å². The van der Waals surface area contributed by atoms with Crippen molar-refractivity contribution in [2.75, 3.05) is 7.11 Å². The quantitative estimate of drug-likeness (QED) is 0.739. The van der Waals surface area contributed by atoms with Crippen LogP contribution in [0, 0.1) is 0 Å². The Morgan fingerprint density at radius 1 is 0.938 bits per heavy atom. The lowest BCUT2D eigenvalue weighted by molar-refractivity contribution is 0.414. The van der Waals surface area contributed by atoms with Crippen molar-refractivity contribution in [3.8, 4) is 5.75 Å². The van der Waals surface area contributed by atoms with Gasteiger partial charge >= 0.3 is 0 Å². The van der Waals surface area contributed by atoms with Crippen molar-refractivity contribution in [3.63, 3.8) is 0 Å². The molecule has 1 rings (SSSR count). The third kappa shape index (κ3) is 3.22. The molecule has 0 fully saturated rings. The van der Waals surface area contributed by atoms with Gasteiger partial charge in [-0.3, -0.25) is 0 Å². The summed E-state index contributed by atoms with van der Waals surface area (Å²) in [5, 5.41) is 0. The summed E-state index contributed by atoms with van der Waals surface area (Å²) in [7, 11) is -0.339. The van der Waals surface area contributed by atoms with E-state index in [1.165, 1.54) is 11.6 Å². The SMILES string of the molecule is COc1ccc(C[Si](C)(C)[Si](C)(C)C)cc1. The van der Waals surface area contributed by atoms with Crippen LogP contribution in [0.2, 0.25) is 32.7 Å². The van der Waals surface area contributed by atoms with Gasteiger partial charge in [0.1, 0.15) is 5.75 Å². The van der Waals surface area contributed by atoms with Crippen LogP contribution in [-0.2, 0) is 6.04 Å². The van der Waals surface area contributed by atoms with Crippen molar-refractivity contribution in [1.82, 2.24) is 0 Å². The number of rotatable bonds is 4. The first-order valence-electron chi connectivity index (χ1n) is 5.89. The summed E-state index contributed by atoms with van der Waals surface area (Å²) >= 11 is 0. The van der Waals surface area contributed by atoms with Gasteiger partial charge in [0.05, 0.1) is 7.11 Å². The molecule has 0 saturated heterocycles. The highest BCUT2D eigenvalue weighted by Gasteiger charge is 2.36. The second kappa shape index (κ2) is 4.76. The van der Waals surface area contributed by atoms with Crippen LogP contribution in [0.5, 0.6) is 5.75 Å². The summed E-state index contributed by atoms with van der Waals surface area (Å²) in [4.78, 5) is 0. The number of methoxy groups -OCH3 is 1. The lowest BCUT2D eigenvalue weighted by Gasteiger charge is -2.35. The molecular formula is C13H24OSi2. The number of ether oxygens (including phenoxy) is 1. The van der Waals surface area contributed by atoms with Crippen molar-refractivity contribution in [3.05, 3.63) is 29.8 Å². The van der Waals surface area contributed by atoms with Crippen LogP contribution in [0.25, 0.3) is 0 Å². The van der Waals surface area contributed by atoms with Gasteiger partial charge in [-0.25, -0.2) is 0 Å². The van der Waals surface area contributed by atoms with Crippen molar-refractivity contribution in [1.29, 1.82) is 0 Å². The molecule has 1 aromatic rings. The average molecular weight is 253 g/mol. The first kappa shape index (κ1) is 13.5. The van der Waals surface area contributed by atoms with E-state index in [4.69, 9.17) is 4.74 Å². The molecule has 16 heavy (non-hydrogen) atoms. The van der Waals surface area contributed by atoms with Crippen LogP contribution in [0.3, 0.4) is 0 Å². The van der Waals surface area contributed by atoms with Gasteiger partial charge in [-0.05, 0) is 18.2 Å². The predicted octanol–water partition coefficient (Wildman–Crippen LogP) is 3.90. The number of hydrogen-bond donors (Lipinski definition) is 0. The van der Waals surface area contributed by atoms with Crippen LogP contribution in [-0.4, -0.2) is 22.3 Å². The molecule has 0 saturated carbocycles. The zero-order chi connectivity index (χ0) is 12.4. The highest BCUT2D eigenvalue weighted by molar-refractivity contribution is 7.40. The zero-order valence-electron chi connectivity index (χ0n) is 11.4. The molecule has 0 aliphatic heterocycles. The van der Waals surface area contributed by atoms with Gasteiger partial charge in [-0.2, -0.15) is 0 Å². The second-order valence-corrected chi connectivity index (χ2v) is 23.3. The molecule has 0 aromatic heterocycles. The Morgan fingerprint density at radius 2 is 1.44 bits per heavy atom. The molecule has 90 valence electrons. The largest absolute Gasteiger partial charge is 0.497 e. The summed E-state index contributed by atoms with van der Waals surface area (Å²) in [5.41, 5.74) is 1.47. The van der Waals surface area contributed by atoms with E-state index in [0.717, 1.165) is 5.75 Å². The van der Waals surface area contributed by atoms with Gasteiger partial charge in [0.2, 0.25) is 0 Å². The minimum absolute atomic E-state index is 0.955. The summed E-state index contributed by atoms with van der Waals surface area (Å²) < 4.78 is 5.19. The molecule has 0 bridgehead atoms. The highest BCUT2D eigenvalue weighted by atomic mass is 29.3. The smallest absolute Gasteiger partial charge is 0.118 e. The molecule has 0 unspecified atom stereocenters. The maximum atomic E-state index is 5.19. The minimum atomic E-state index is -1.08. The zero-order valence-corrected chi connectivity index (χ0v) is 13.4. The van der Waals surface area contributed by atoms with E-state index in [1.54, 1.807) is 7.11 Å². The Balaban J connectivity index is 2.80. The molecule has 1 nitrogen and oxygen atoms in total. The Labute approximate surface area is 102 Å². The molecule has 0 N–H and O–H groups in total. The summed E-state index contributed by atoms with van der Waals surface area (Å²) in [6.45, 7) is 12.6. The third-order valence-electron chi connectivity index (χ3n) is 3.84. The summed E-state index contributed by atoms with van der Waals surface area (Å²) in [5.74, 6) is 0.955. The van der Waals surface area contributed by atoms with Crippen LogP contribution in [0.4, 0.5) is 0 Å². The second-order valence-electron chi connectivity index (χ2n) is 6.16. The monoisotopic (exact) mass is 252 g/mol. The van der Waals surface area contributed by atoms with Gasteiger partial charge in [0, 0.05) is 15.2 Å². The molecule has 3 heteroatoms. The Hall–Kier alpha value is -0.546. The van der Waals surface area contributed by atoms with E-state index in [9.17, 15) is 0 Å². The minimum Gasteiger partial charge on any atom is -0.497 e. The molecule has 0 aliphatic carbocycles. The highest BCUT2D eigenvalue weighted by Crippen LogP contribution is 2.24. The lowest BCUT2D eigenvalue weighted by Crippen LogP contribution is -2.54. The van der Waals surface area contributed by atoms with E-state index in [-0.39, 0.29) is 0 Å². The van der Waals surface area contributed by atoms with Crippen molar-refractivity contribution in [2.24, 2.45) is 0 Å².